The summed E-state index contributed by atoms with van der Waals surface area (Å²) in [7, 11) is -3.33. The summed E-state index contributed by atoms with van der Waals surface area (Å²) in [5.41, 5.74) is 4.53. The molecule has 6 nitrogen and oxygen atoms in total. The highest BCUT2D eigenvalue weighted by Gasteiger charge is 2.32. The predicted molar refractivity (Wildman–Crippen MR) is 119 cm³/mol. The molecular weight excluding hydrogens is 398 g/mol. The van der Waals surface area contributed by atoms with Crippen molar-refractivity contribution in [3.63, 3.8) is 0 Å². The number of carbonyl (C=O) groups excluding carboxylic acids is 1. The molecule has 0 aromatic heterocycles. The molecular formula is C23H29N3O3S. The van der Waals surface area contributed by atoms with Gasteiger partial charge in [0, 0.05) is 24.7 Å². The molecule has 2 aliphatic heterocycles. The molecule has 1 N–H and O–H groups in total. The molecule has 1 amide bonds. The van der Waals surface area contributed by atoms with Crippen LogP contribution in [0.1, 0.15) is 46.8 Å². The van der Waals surface area contributed by atoms with Crippen LogP contribution in [-0.2, 0) is 29.5 Å². The van der Waals surface area contributed by atoms with Gasteiger partial charge in [0.25, 0.3) is 5.91 Å². The van der Waals surface area contributed by atoms with Gasteiger partial charge >= 0.3 is 0 Å². The van der Waals surface area contributed by atoms with Gasteiger partial charge in [-0.15, -0.1) is 0 Å². The molecule has 7 heteroatoms. The molecule has 0 unspecified atom stereocenters. The minimum atomic E-state index is -3.33. The van der Waals surface area contributed by atoms with Crippen molar-refractivity contribution in [1.82, 2.24) is 10.2 Å². The summed E-state index contributed by atoms with van der Waals surface area (Å²) < 4.78 is 25.6. The Bertz CT molecular complexity index is 1050. The summed E-state index contributed by atoms with van der Waals surface area (Å²) in [4.78, 5) is 15.2. The molecule has 1 fully saturated rings. The van der Waals surface area contributed by atoms with Crippen LogP contribution in [0.2, 0.25) is 0 Å². The van der Waals surface area contributed by atoms with Gasteiger partial charge in [0.2, 0.25) is 10.0 Å². The number of hydrogen-bond acceptors (Lipinski definition) is 4. The number of hydrogen-bond donors (Lipinski definition) is 1. The first-order chi connectivity index (χ1) is 14.3. The zero-order valence-corrected chi connectivity index (χ0v) is 18.4. The number of amides is 1. The van der Waals surface area contributed by atoms with Crippen molar-refractivity contribution in [3.05, 3.63) is 64.7 Å². The Hall–Kier alpha value is -2.38. The Kier molecular flexibility index (Phi) is 5.84. The second-order valence-corrected chi connectivity index (χ2v) is 10.2. The van der Waals surface area contributed by atoms with E-state index in [-0.39, 0.29) is 11.9 Å². The predicted octanol–water partition coefficient (Wildman–Crippen LogP) is 2.92. The van der Waals surface area contributed by atoms with E-state index in [1.165, 1.54) is 29.0 Å². The van der Waals surface area contributed by atoms with E-state index in [1.807, 2.05) is 25.1 Å². The maximum atomic E-state index is 12.8. The Labute approximate surface area is 178 Å². The summed E-state index contributed by atoms with van der Waals surface area (Å²) in [6.07, 6.45) is 4.35. The Morgan fingerprint density at radius 3 is 2.50 bits per heavy atom. The quantitative estimate of drug-likeness (QED) is 0.770. The fourth-order valence-electron chi connectivity index (χ4n) is 4.59. The number of fused-ring (bicyclic) bond motifs is 1. The molecule has 30 heavy (non-hydrogen) atoms. The average Bonchev–Trinajstić information content (AvgIpc) is 3.32. The number of nitrogens with one attached hydrogen (secondary N) is 1. The zero-order chi connectivity index (χ0) is 21.3. The molecule has 2 aliphatic rings. The van der Waals surface area contributed by atoms with Gasteiger partial charge in [-0.1, -0.05) is 24.3 Å². The van der Waals surface area contributed by atoms with Crippen molar-refractivity contribution in [2.75, 3.05) is 23.7 Å². The third-order valence-corrected chi connectivity index (χ3v) is 7.27. The van der Waals surface area contributed by atoms with E-state index < -0.39 is 10.0 Å². The molecule has 2 aromatic rings. The SMILES string of the molecule is C[C@H]1Cc2cc(C(=O)NCc3ccccc3CN3CCCC3)ccc2N1S(C)(=O)=O. The van der Waals surface area contributed by atoms with Crippen molar-refractivity contribution in [3.8, 4) is 0 Å². The molecule has 2 aromatic carbocycles. The van der Waals surface area contributed by atoms with E-state index in [2.05, 4.69) is 22.3 Å². The van der Waals surface area contributed by atoms with E-state index in [4.69, 9.17) is 0 Å². The number of likely N-dealkylation sites (tertiary alicyclic amines) is 1. The number of sulfonamides is 1. The van der Waals surface area contributed by atoms with Gasteiger partial charge in [-0.3, -0.25) is 14.0 Å². The fraction of sp³-hybridized carbons (Fsp3) is 0.435. The first kappa shape index (κ1) is 20.9. The third kappa shape index (κ3) is 4.37. The second kappa shape index (κ2) is 8.40. The normalized spacial score (nSPS) is 19.1. The van der Waals surface area contributed by atoms with Crippen LogP contribution in [0.3, 0.4) is 0 Å². The van der Waals surface area contributed by atoms with E-state index >= 15 is 0 Å². The maximum absolute atomic E-state index is 12.8. The highest BCUT2D eigenvalue weighted by molar-refractivity contribution is 7.92. The largest absolute Gasteiger partial charge is 0.348 e. The first-order valence-corrected chi connectivity index (χ1v) is 12.4. The van der Waals surface area contributed by atoms with Crippen LogP contribution in [0.5, 0.6) is 0 Å². The van der Waals surface area contributed by atoms with Gasteiger partial charge in [0.05, 0.1) is 11.9 Å². The first-order valence-electron chi connectivity index (χ1n) is 10.5. The Morgan fingerprint density at radius 2 is 1.80 bits per heavy atom. The van der Waals surface area contributed by atoms with Crippen LogP contribution in [0, 0.1) is 0 Å². The summed E-state index contributed by atoms with van der Waals surface area (Å²) >= 11 is 0. The molecule has 160 valence electrons. The van der Waals surface area contributed by atoms with E-state index in [9.17, 15) is 13.2 Å². The van der Waals surface area contributed by atoms with Gasteiger partial charge in [0.1, 0.15) is 0 Å². The third-order valence-electron chi connectivity index (χ3n) is 6.00. The lowest BCUT2D eigenvalue weighted by molar-refractivity contribution is 0.0950. The summed E-state index contributed by atoms with van der Waals surface area (Å²) in [5.74, 6) is -0.140. The molecule has 0 saturated carbocycles. The fourth-order valence-corrected chi connectivity index (χ4v) is 5.86. The standard InChI is InChI=1S/C23H29N3O3S/c1-17-13-21-14-18(9-10-22(21)26(17)30(2,28)29)23(27)24-15-19-7-3-4-8-20(19)16-25-11-5-6-12-25/h3-4,7-10,14,17H,5-6,11-13,15-16H2,1-2H3,(H,24,27)/t17-/m0/s1. The Morgan fingerprint density at radius 1 is 1.10 bits per heavy atom. The molecule has 0 radical (unpaired) electrons. The van der Waals surface area contributed by atoms with Gasteiger partial charge in [0.15, 0.2) is 0 Å². The van der Waals surface area contributed by atoms with Crippen molar-refractivity contribution in [2.24, 2.45) is 0 Å². The smallest absolute Gasteiger partial charge is 0.251 e. The van der Waals surface area contributed by atoms with Crippen molar-refractivity contribution in [2.45, 2.75) is 45.3 Å². The molecule has 0 spiro atoms. The van der Waals surface area contributed by atoms with Crippen LogP contribution >= 0.6 is 0 Å². The molecule has 0 aliphatic carbocycles. The lowest BCUT2D eigenvalue weighted by Crippen LogP contribution is -2.34. The number of nitrogens with zero attached hydrogens (tertiary/aromatic N) is 2. The molecule has 2 heterocycles. The summed E-state index contributed by atoms with van der Waals surface area (Å²) in [6.45, 7) is 5.56. The van der Waals surface area contributed by atoms with Crippen molar-refractivity contribution >= 4 is 21.6 Å². The number of benzene rings is 2. The molecule has 0 bridgehead atoms. The highest BCUT2D eigenvalue weighted by Crippen LogP contribution is 2.34. The van der Waals surface area contributed by atoms with Crippen LogP contribution in [-0.4, -0.2) is 44.6 Å². The van der Waals surface area contributed by atoms with Gasteiger partial charge in [-0.25, -0.2) is 8.42 Å². The van der Waals surface area contributed by atoms with Crippen LogP contribution < -0.4 is 9.62 Å². The maximum Gasteiger partial charge on any atom is 0.251 e. The van der Waals surface area contributed by atoms with E-state index in [1.54, 1.807) is 12.1 Å². The van der Waals surface area contributed by atoms with Crippen molar-refractivity contribution in [1.29, 1.82) is 0 Å². The van der Waals surface area contributed by atoms with Crippen LogP contribution in [0.15, 0.2) is 42.5 Å². The van der Waals surface area contributed by atoms with E-state index in [0.29, 0.717) is 24.2 Å². The topological polar surface area (TPSA) is 69.7 Å². The monoisotopic (exact) mass is 427 g/mol. The van der Waals surface area contributed by atoms with E-state index in [0.717, 1.165) is 30.8 Å². The lowest BCUT2D eigenvalue weighted by Gasteiger charge is -2.22. The van der Waals surface area contributed by atoms with Crippen LogP contribution in [0.25, 0.3) is 0 Å². The van der Waals surface area contributed by atoms with Crippen molar-refractivity contribution < 1.29 is 13.2 Å². The Balaban J connectivity index is 1.45. The average molecular weight is 428 g/mol. The number of rotatable bonds is 6. The lowest BCUT2D eigenvalue weighted by atomic mass is 10.1. The molecule has 1 atom stereocenters. The van der Waals surface area contributed by atoms with Crippen LogP contribution in [0.4, 0.5) is 5.69 Å². The summed E-state index contributed by atoms with van der Waals surface area (Å²) in [5, 5.41) is 3.04. The molecule has 1 saturated heterocycles. The summed E-state index contributed by atoms with van der Waals surface area (Å²) in [6, 6.07) is 13.4. The zero-order valence-electron chi connectivity index (χ0n) is 17.6. The second-order valence-electron chi connectivity index (χ2n) is 8.39. The van der Waals surface area contributed by atoms with Gasteiger partial charge < -0.3 is 5.32 Å². The minimum absolute atomic E-state index is 0.134. The number of anilines is 1. The number of carbonyl (C=O) groups is 1. The minimum Gasteiger partial charge on any atom is -0.348 e. The van der Waals surface area contributed by atoms with Gasteiger partial charge in [-0.05, 0) is 74.2 Å². The highest BCUT2D eigenvalue weighted by atomic mass is 32.2. The van der Waals surface area contributed by atoms with Gasteiger partial charge in [-0.2, -0.15) is 0 Å². The molecule has 4 rings (SSSR count).